The van der Waals surface area contributed by atoms with Gasteiger partial charge in [-0.15, -0.1) is 0 Å². The third-order valence-electron chi connectivity index (χ3n) is 3.13. The van der Waals surface area contributed by atoms with E-state index in [-0.39, 0.29) is 6.04 Å². The van der Waals surface area contributed by atoms with Crippen LogP contribution in [0.2, 0.25) is 0 Å². The van der Waals surface area contributed by atoms with Crippen LogP contribution in [0.4, 0.5) is 0 Å². The van der Waals surface area contributed by atoms with E-state index < -0.39 is 0 Å². The number of fused-ring (bicyclic) bond motifs is 1. The van der Waals surface area contributed by atoms with Gasteiger partial charge in [0.25, 0.3) is 0 Å². The summed E-state index contributed by atoms with van der Waals surface area (Å²) in [5.41, 5.74) is 2.17. The molecule has 1 N–H and O–H groups in total. The molecular formula is C13H13BrN4S. The van der Waals surface area contributed by atoms with E-state index >= 15 is 0 Å². The van der Waals surface area contributed by atoms with Crippen molar-refractivity contribution in [1.82, 2.24) is 19.3 Å². The summed E-state index contributed by atoms with van der Waals surface area (Å²) in [6, 6.07) is 8.29. The summed E-state index contributed by atoms with van der Waals surface area (Å²) in [6.45, 7) is 2.94. The van der Waals surface area contributed by atoms with Crippen LogP contribution in [0.1, 0.15) is 13.0 Å². The highest BCUT2D eigenvalue weighted by molar-refractivity contribution is 9.10. The fraction of sp³-hybridized carbons (Fsp3) is 0.231. The minimum Gasteiger partial charge on any atom is -0.331 e. The molecule has 2 heterocycles. The third-order valence-corrected chi connectivity index (χ3v) is 3.92. The second-order valence-electron chi connectivity index (χ2n) is 4.54. The highest BCUT2D eigenvalue weighted by atomic mass is 79.9. The first kappa shape index (κ1) is 12.6. The fourth-order valence-corrected chi connectivity index (χ4v) is 3.03. The molecule has 0 aliphatic carbocycles. The van der Waals surface area contributed by atoms with Gasteiger partial charge in [-0.3, -0.25) is 4.68 Å². The Bertz CT molecular complexity index is 757. The van der Waals surface area contributed by atoms with Crippen LogP contribution in [0.15, 0.2) is 41.1 Å². The molecule has 0 radical (unpaired) electrons. The quantitative estimate of drug-likeness (QED) is 0.736. The van der Waals surface area contributed by atoms with Gasteiger partial charge in [-0.2, -0.15) is 5.10 Å². The maximum Gasteiger partial charge on any atom is 0.178 e. The van der Waals surface area contributed by atoms with E-state index in [1.54, 1.807) is 6.20 Å². The fourth-order valence-electron chi connectivity index (χ4n) is 2.29. The molecule has 0 bridgehead atoms. The largest absolute Gasteiger partial charge is 0.331 e. The maximum absolute atomic E-state index is 5.43. The van der Waals surface area contributed by atoms with Gasteiger partial charge >= 0.3 is 0 Å². The van der Waals surface area contributed by atoms with Crippen LogP contribution >= 0.6 is 28.1 Å². The molecule has 0 spiro atoms. The minimum atomic E-state index is 0.232. The third kappa shape index (κ3) is 2.37. The molecule has 2 aromatic heterocycles. The lowest BCUT2D eigenvalue weighted by Gasteiger charge is -2.14. The molecule has 1 unspecified atom stereocenters. The van der Waals surface area contributed by atoms with Gasteiger partial charge in [-0.05, 0) is 43.4 Å². The maximum atomic E-state index is 5.43. The van der Waals surface area contributed by atoms with Crippen LogP contribution in [0.25, 0.3) is 11.0 Å². The van der Waals surface area contributed by atoms with Crippen LogP contribution < -0.4 is 0 Å². The van der Waals surface area contributed by atoms with Crippen molar-refractivity contribution >= 4 is 39.2 Å². The molecule has 0 aliphatic rings. The molecule has 0 saturated carbocycles. The molecule has 0 aliphatic heterocycles. The molecule has 0 fully saturated rings. The molecule has 6 heteroatoms. The first-order valence-electron chi connectivity index (χ1n) is 6.02. The highest BCUT2D eigenvalue weighted by Gasteiger charge is 2.12. The Morgan fingerprint density at radius 1 is 1.47 bits per heavy atom. The second kappa shape index (κ2) is 4.94. The van der Waals surface area contributed by atoms with E-state index in [9.17, 15) is 0 Å². The molecule has 98 valence electrons. The van der Waals surface area contributed by atoms with Crippen molar-refractivity contribution in [1.29, 1.82) is 0 Å². The van der Waals surface area contributed by atoms with E-state index in [2.05, 4.69) is 43.6 Å². The van der Waals surface area contributed by atoms with Gasteiger partial charge in [0.15, 0.2) is 4.77 Å². The van der Waals surface area contributed by atoms with Gasteiger partial charge in [0.1, 0.15) is 0 Å². The zero-order valence-corrected chi connectivity index (χ0v) is 12.8. The van der Waals surface area contributed by atoms with Gasteiger partial charge in [-0.25, -0.2) is 0 Å². The van der Waals surface area contributed by atoms with Crippen molar-refractivity contribution < 1.29 is 0 Å². The molecular weight excluding hydrogens is 324 g/mol. The number of rotatable bonds is 3. The van der Waals surface area contributed by atoms with Crippen LogP contribution in [-0.2, 0) is 6.54 Å². The van der Waals surface area contributed by atoms with Crippen molar-refractivity contribution in [3.63, 3.8) is 0 Å². The number of H-pyrrole nitrogens is 1. The van der Waals surface area contributed by atoms with Crippen molar-refractivity contribution in [3.05, 3.63) is 45.9 Å². The van der Waals surface area contributed by atoms with E-state index in [0.29, 0.717) is 0 Å². The highest BCUT2D eigenvalue weighted by Crippen LogP contribution is 2.23. The lowest BCUT2D eigenvalue weighted by Crippen LogP contribution is -2.13. The lowest BCUT2D eigenvalue weighted by molar-refractivity contribution is 0.442. The number of nitrogens with one attached hydrogen (secondary N) is 1. The van der Waals surface area contributed by atoms with Crippen molar-refractivity contribution in [3.8, 4) is 0 Å². The summed E-state index contributed by atoms with van der Waals surface area (Å²) in [4.78, 5) is 3.24. The molecule has 1 aromatic carbocycles. The minimum absolute atomic E-state index is 0.232. The van der Waals surface area contributed by atoms with Crippen molar-refractivity contribution in [2.45, 2.75) is 19.5 Å². The summed E-state index contributed by atoms with van der Waals surface area (Å²) >= 11 is 8.94. The Kier molecular flexibility index (Phi) is 3.28. The average molecular weight is 337 g/mol. The molecule has 3 aromatic rings. The van der Waals surface area contributed by atoms with Crippen LogP contribution in [0, 0.1) is 4.77 Å². The predicted molar refractivity (Wildman–Crippen MR) is 81.8 cm³/mol. The number of aromatic nitrogens is 4. The molecule has 4 nitrogen and oxygen atoms in total. The average Bonchev–Trinajstić information content (AvgIpc) is 2.95. The van der Waals surface area contributed by atoms with E-state index in [4.69, 9.17) is 12.2 Å². The van der Waals surface area contributed by atoms with Gasteiger partial charge in [0.2, 0.25) is 0 Å². The Labute approximate surface area is 124 Å². The van der Waals surface area contributed by atoms with E-state index in [0.717, 1.165) is 26.8 Å². The van der Waals surface area contributed by atoms with Crippen LogP contribution in [-0.4, -0.2) is 19.3 Å². The van der Waals surface area contributed by atoms with Gasteiger partial charge in [0, 0.05) is 16.9 Å². The Morgan fingerprint density at radius 2 is 2.32 bits per heavy atom. The van der Waals surface area contributed by atoms with E-state index in [1.165, 1.54) is 0 Å². The van der Waals surface area contributed by atoms with Crippen LogP contribution in [0.5, 0.6) is 0 Å². The number of hydrogen-bond acceptors (Lipinski definition) is 2. The summed E-state index contributed by atoms with van der Waals surface area (Å²) in [7, 11) is 0. The monoisotopic (exact) mass is 336 g/mol. The summed E-state index contributed by atoms with van der Waals surface area (Å²) in [6.07, 6.45) is 3.75. The zero-order valence-electron chi connectivity index (χ0n) is 10.4. The lowest BCUT2D eigenvalue weighted by atomic mass is 10.3. The number of benzene rings is 1. The van der Waals surface area contributed by atoms with Crippen molar-refractivity contribution in [2.24, 2.45) is 0 Å². The van der Waals surface area contributed by atoms with Gasteiger partial charge in [-0.1, -0.05) is 15.9 Å². The Balaban J connectivity index is 2.06. The number of hydrogen-bond donors (Lipinski definition) is 1. The van der Waals surface area contributed by atoms with Crippen LogP contribution in [0.3, 0.4) is 0 Å². The normalized spacial score (nSPS) is 12.9. The summed E-state index contributed by atoms with van der Waals surface area (Å²) < 4.78 is 5.85. The molecule has 1 atom stereocenters. The number of nitrogens with zero attached hydrogens (tertiary/aromatic N) is 3. The number of aromatic amines is 1. The Hall–Kier alpha value is -1.40. The Morgan fingerprint density at radius 3 is 3.05 bits per heavy atom. The SMILES string of the molecule is CC(Cn1cccn1)n1c(=S)[nH]c2ccc(Br)cc21. The summed E-state index contributed by atoms with van der Waals surface area (Å²) in [5, 5.41) is 4.24. The smallest absolute Gasteiger partial charge is 0.178 e. The topological polar surface area (TPSA) is 38.5 Å². The number of halogens is 1. The first-order valence-corrected chi connectivity index (χ1v) is 7.22. The summed E-state index contributed by atoms with van der Waals surface area (Å²) in [5.74, 6) is 0. The zero-order chi connectivity index (χ0) is 13.4. The molecule has 3 rings (SSSR count). The van der Waals surface area contributed by atoms with Gasteiger partial charge < -0.3 is 9.55 Å². The molecule has 0 amide bonds. The molecule has 19 heavy (non-hydrogen) atoms. The second-order valence-corrected chi connectivity index (χ2v) is 5.84. The first-order chi connectivity index (χ1) is 9.15. The number of imidazole rings is 1. The standard InChI is InChI=1S/C13H13BrN4S/c1-9(8-17-6-2-5-15-17)18-12-7-10(14)3-4-11(12)16-13(18)19/h2-7,9H,8H2,1H3,(H,16,19). The predicted octanol–water partition coefficient (Wildman–Crippen LogP) is 3.92. The van der Waals surface area contributed by atoms with Gasteiger partial charge in [0.05, 0.1) is 23.6 Å². The molecule has 0 saturated heterocycles. The van der Waals surface area contributed by atoms with Crippen molar-refractivity contribution in [2.75, 3.05) is 0 Å². The van der Waals surface area contributed by atoms with E-state index in [1.807, 2.05) is 29.1 Å².